The Bertz CT molecular complexity index is 579. The Kier molecular flexibility index (Phi) is 3.22. The Labute approximate surface area is 104 Å². The van der Waals surface area contributed by atoms with E-state index in [1.54, 1.807) is 11.6 Å². The van der Waals surface area contributed by atoms with Crippen LogP contribution in [0.3, 0.4) is 0 Å². The van der Waals surface area contributed by atoms with Gasteiger partial charge in [-0.3, -0.25) is 14.8 Å². The topological polar surface area (TPSA) is 85.9 Å². The molecule has 0 aliphatic rings. The molecule has 0 atom stereocenters. The van der Waals surface area contributed by atoms with Gasteiger partial charge >= 0.3 is 0 Å². The monoisotopic (exact) mass is 247 g/mol. The predicted octanol–water partition coefficient (Wildman–Crippen LogP) is 1.64. The maximum absolute atomic E-state index is 10.6. The van der Waals surface area contributed by atoms with Crippen molar-refractivity contribution in [2.24, 2.45) is 7.05 Å². The van der Waals surface area contributed by atoms with Crippen molar-refractivity contribution in [3.63, 3.8) is 0 Å². The van der Waals surface area contributed by atoms with E-state index in [-0.39, 0.29) is 5.69 Å². The quantitative estimate of drug-likeness (QED) is 0.655. The molecule has 0 fully saturated rings. The highest BCUT2D eigenvalue weighted by molar-refractivity contribution is 5.48. The number of anilines is 1. The summed E-state index contributed by atoms with van der Waals surface area (Å²) in [5, 5.41) is 17.9. The number of nitro groups is 1. The first-order valence-corrected chi connectivity index (χ1v) is 5.39. The lowest BCUT2D eigenvalue weighted by atomic mass is 10.2. The lowest BCUT2D eigenvalue weighted by Crippen LogP contribution is -2.05. The molecule has 18 heavy (non-hydrogen) atoms. The summed E-state index contributed by atoms with van der Waals surface area (Å²) in [6.07, 6.45) is 3.10. The summed E-state index contributed by atoms with van der Waals surface area (Å²) < 4.78 is 1.72. The summed E-state index contributed by atoms with van der Waals surface area (Å²) in [7, 11) is 1.85. The molecule has 2 aromatic rings. The SMILES string of the molecule is Cc1cc([N+](=O)[O-])cnc1NCc1ccn(C)n1. The van der Waals surface area contributed by atoms with Crippen molar-refractivity contribution in [2.45, 2.75) is 13.5 Å². The van der Waals surface area contributed by atoms with Crippen LogP contribution in [-0.4, -0.2) is 19.7 Å². The second-order valence-electron chi connectivity index (χ2n) is 3.95. The van der Waals surface area contributed by atoms with Crippen LogP contribution in [0.2, 0.25) is 0 Å². The van der Waals surface area contributed by atoms with Gasteiger partial charge in [-0.25, -0.2) is 4.98 Å². The van der Waals surface area contributed by atoms with Crippen molar-refractivity contribution in [1.29, 1.82) is 0 Å². The first-order valence-electron chi connectivity index (χ1n) is 5.39. The Morgan fingerprint density at radius 2 is 2.33 bits per heavy atom. The predicted molar refractivity (Wildman–Crippen MR) is 66.2 cm³/mol. The number of nitrogens with one attached hydrogen (secondary N) is 1. The number of rotatable bonds is 4. The summed E-state index contributed by atoms with van der Waals surface area (Å²) in [6, 6.07) is 3.39. The van der Waals surface area contributed by atoms with E-state index in [1.807, 2.05) is 19.3 Å². The standard InChI is InChI=1S/C11H13N5O2/c1-8-5-10(16(17)18)7-13-11(8)12-6-9-3-4-15(2)14-9/h3-5,7H,6H2,1-2H3,(H,12,13). The van der Waals surface area contributed by atoms with Crippen LogP contribution in [0.1, 0.15) is 11.3 Å². The highest BCUT2D eigenvalue weighted by Crippen LogP contribution is 2.18. The van der Waals surface area contributed by atoms with Crippen LogP contribution in [-0.2, 0) is 13.6 Å². The van der Waals surface area contributed by atoms with Gasteiger partial charge in [0.1, 0.15) is 12.0 Å². The van der Waals surface area contributed by atoms with Gasteiger partial charge in [-0.1, -0.05) is 0 Å². The Hall–Kier alpha value is -2.44. The zero-order valence-electron chi connectivity index (χ0n) is 10.1. The van der Waals surface area contributed by atoms with E-state index in [9.17, 15) is 10.1 Å². The van der Waals surface area contributed by atoms with Crippen LogP contribution in [0.5, 0.6) is 0 Å². The van der Waals surface area contributed by atoms with Crippen LogP contribution in [0.15, 0.2) is 24.5 Å². The number of pyridine rings is 1. The normalized spacial score (nSPS) is 10.3. The smallest absolute Gasteiger partial charge is 0.287 e. The molecule has 1 N–H and O–H groups in total. The second-order valence-corrected chi connectivity index (χ2v) is 3.95. The molecule has 2 rings (SSSR count). The lowest BCUT2D eigenvalue weighted by molar-refractivity contribution is -0.385. The van der Waals surface area contributed by atoms with Crippen LogP contribution in [0, 0.1) is 17.0 Å². The van der Waals surface area contributed by atoms with Gasteiger partial charge in [0.05, 0.1) is 17.2 Å². The maximum atomic E-state index is 10.6. The first kappa shape index (κ1) is 12.0. The molecule has 0 bridgehead atoms. The van der Waals surface area contributed by atoms with Crippen molar-refractivity contribution >= 4 is 11.5 Å². The first-order chi connectivity index (χ1) is 8.56. The van der Waals surface area contributed by atoms with E-state index < -0.39 is 4.92 Å². The van der Waals surface area contributed by atoms with Crippen molar-refractivity contribution in [3.8, 4) is 0 Å². The fraction of sp³-hybridized carbons (Fsp3) is 0.273. The Morgan fingerprint density at radius 1 is 1.56 bits per heavy atom. The van der Waals surface area contributed by atoms with Gasteiger partial charge in [0, 0.05) is 19.3 Å². The van der Waals surface area contributed by atoms with E-state index in [0.717, 1.165) is 11.3 Å². The molecule has 94 valence electrons. The summed E-state index contributed by atoms with van der Waals surface area (Å²) >= 11 is 0. The van der Waals surface area contributed by atoms with E-state index in [1.165, 1.54) is 12.3 Å². The summed E-state index contributed by atoms with van der Waals surface area (Å²) in [6.45, 7) is 2.31. The van der Waals surface area contributed by atoms with Gasteiger partial charge in [0.2, 0.25) is 0 Å². The zero-order chi connectivity index (χ0) is 13.1. The minimum absolute atomic E-state index is 0.00381. The van der Waals surface area contributed by atoms with Crippen LogP contribution in [0.25, 0.3) is 0 Å². The molecule has 0 amide bonds. The molecule has 2 aromatic heterocycles. The van der Waals surface area contributed by atoms with Crippen molar-refractivity contribution in [2.75, 3.05) is 5.32 Å². The minimum atomic E-state index is -0.456. The molecular formula is C11H13N5O2. The molecule has 2 heterocycles. The highest BCUT2D eigenvalue weighted by Gasteiger charge is 2.09. The summed E-state index contributed by atoms with van der Waals surface area (Å²) in [5.41, 5.74) is 1.62. The van der Waals surface area contributed by atoms with Crippen LogP contribution in [0.4, 0.5) is 11.5 Å². The Balaban J connectivity index is 2.08. The molecule has 0 aromatic carbocycles. The lowest BCUT2D eigenvalue weighted by Gasteiger charge is -2.06. The fourth-order valence-electron chi connectivity index (χ4n) is 1.58. The Morgan fingerprint density at radius 3 is 2.89 bits per heavy atom. The molecule has 0 aliphatic heterocycles. The average molecular weight is 247 g/mol. The van der Waals surface area contributed by atoms with Crippen LogP contribution >= 0.6 is 0 Å². The molecule has 0 radical (unpaired) electrons. The second kappa shape index (κ2) is 4.82. The number of aromatic nitrogens is 3. The van der Waals surface area contributed by atoms with Crippen molar-refractivity contribution in [3.05, 3.63) is 45.9 Å². The van der Waals surface area contributed by atoms with Gasteiger partial charge < -0.3 is 5.32 Å². The molecule has 0 saturated heterocycles. The van der Waals surface area contributed by atoms with Crippen molar-refractivity contribution in [1.82, 2.24) is 14.8 Å². The summed E-state index contributed by atoms with van der Waals surface area (Å²) in [4.78, 5) is 14.2. The number of aryl methyl sites for hydroxylation is 2. The van der Waals surface area contributed by atoms with Gasteiger partial charge in [-0.15, -0.1) is 0 Å². The van der Waals surface area contributed by atoms with Crippen LogP contribution < -0.4 is 5.32 Å². The third-order valence-electron chi connectivity index (χ3n) is 2.48. The fourth-order valence-corrected chi connectivity index (χ4v) is 1.58. The van der Waals surface area contributed by atoms with Gasteiger partial charge in [0.15, 0.2) is 0 Å². The molecular weight excluding hydrogens is 234 g/mol. The molecule has 7 nitrogen and oxygen atoms in total. The largest absolute Gasteiger partial charge is 0.364 e. The highest BCUT2D eigenvalue weighted by atomic mass is 16.6. The number of hydrogen-bond donors (Lipinski definition) is 1. The van der Waals surface area contributed by atoms with E-state index in [0.29, 0.717) is 12.4 Å². The third-order valence-corrected chi connectivity index (χ3v) is 2.48. The van der Waals surface area contributed by atoms with E-state index in [4.69, 9.17) is 0 Å². The molecule has 7 heteroatoms. The third kappa shape index (κ3) is 2.62. The number of nitrogens with zero attached hydrogens (tertiary/aromatic N) is 4. The van der Waals surface area contributed by atoms with Gasteiger partial charge in [-0.2, -0.15) is 5.10 Å². The molecule has 0 spiro atoms. The maximum Gasteiger partial charge on any atom is 0.287 e. The molecule has 0 aliphatic carbocycles. The van der Waals surface area contributed by atoms with Gasteiger partial charge in [-0.05, 0) is 18.6 Å². The average Bonchev–Trinajstić information content (AvgIpc) is 2.73. The minimum Gasteiger partial charge on any atom is -0.364 e. The van der Waals surface area contributed by atoms with Crippen molar-refractivity contribution < 1.29 is 4.92 Å². The zero-order valence-corrected chi connectivity index (χ0v) is 10.1. The molecule has 0 unspecified atom stereocenters. The van der Waals surface area contributed by atoms with E-state index >= 15 is 0 Å². The summed E-state index contributed by atoms with van der Waals surface area (Å²) in [5.74, 6) is 0.631. The number of hydrogen-bond acceptors (Lipinski definition) is 5. The molecule has 0 saturated carbocycles. The van der Waals surface area contributed by atoms with Gasteiger partial charge in [0.25, 0.3) is 5.69 Å². The van der Waals surface area contributed by atoms with E-state index in [2.05, 4.69) is 15.4 Å².